The topological polar surface area (TPSA) is 78.0 Å². The van der Waals surface area contributed by atoms with E-state index in [1.54, 1.807) is 0 Å². The summed E-state index contributed by atoms with van der Waals surface area (Å²) in [5.41, 5.74) is 1.06. The van der Waals surface area contributed by atoms with Crippen molar-refractivity contribution >= 4 is 17.2 Å². The average Bonchev–Trinajstić information content (AvgIpc) is 3.20. The van der Waals surface area contributed by atoms with E-state index in [1.165, 1.54) is 17.7 Å². The van der Waals surface area contributed by atoms with Crippen molar-refractivity contribution in [3.05, 3.63) is 17.4 Å². The average molecular weight is 332 g/mol. The van der Waals surface area contributed by atoms with Gasteiger partial charge in [-0.05, 0) is 13.0 Å². The Labute approximate surface area is 138 Å². The molecular weight excluding hydrogens is 312 g/mol. The van der Waals surface area contributed by atoms with Crippen LogP contribution in [0.3, 0.4) is 0 Å². The van der Waals surface area contributed by atoms with Gasteiger partial charge in [0.05, 0.1) is 12.1 Å². The number of fused-ring (bicyclic) bond motifs is 1. The molecule has 0 bridgehead atoms. The Bertz CT molecular complexity index is 713. The van der Waals surface area contributed by atoms with Crippen molar-refractivity contribution in [2.24, 2.45) is 11.3 Å². The van der Waals surface area contributed by atoms with Crippen LogP contribution in [0.5, 0.6) is 0 Å². The maximum atomic E-state index is 12.6. The molecule has 122 valence electrons. The first-order valence-electron chi connectivity index (χ1n) is 7.80. The molecule has 4 rings (SSSR count). The fourth-order valence-corrected chi connectivity index (χ4v) is 4.66. The fourth-order valence-electron chi connectivity index (χ4n) is 3.89. The molecular formula is C15H20N6OS. The highest BCUT2D eigenvalue weighted by molar-refractivity contribution is 7.13. The summed E-state index contributed by atoms with van der Waals surface area (Å²) in [6.07, 6.45) is 1.82. The zero-order valence-corrected chi connectivity index (χ0v) is 14.1. The van der Waals surface area contributed by atoms with Crippen molar-refractivity contribution in [1.29, 1.82) is 0 Å². The fraction of sp³-hybridized carbons (Fsp3) is 0.600. The number of aromatic amines is 1. The third-order valence-electron chi connectivity index (χ3n) is 5.00. The number of nitrogens with zero attached hydrogens (tertiary/aromatic N) is 5. The molecule has 2 atom stereocenters. The van der Waals surface area contributed by atoms with Gasteiger partial charge in [-0.3, -0.25) is 9.89 Å². The number of H-pyrrole nitrogens is 1. The van der Waals surface area contributed by atoms with Crippen molar-refractivity contribution in [2.75, 3.05) is 33.2 Å². The smallest absolute Gasteiger partial charge is 0.228 e. The molecule has 0 aromatic carbocycles. The predicted molar refractivity (Wildman–Crippen MR) is 86.9 cm³/mol. The number of hydrogen-bond donors (Lipinski definition) is 1. The van der Waals surface area contributed by atoms with E-state index in [0.717, 1.165) is 36.9 Å². The summed E-state index contributed by atoms with van der Waals surface area (Å²) in [6.45, 7) is 6.21. The highest BCUT2D eigenvalue weighted by atomic mass is 32.1. The summed E-state index contributed by atoms with van der Waals surface area (Å²) in [5.74, 6) is 1.43. The van der Waals surface area contributed by atoms with Crippen LogP contribution < -0.4 is 0 Å². The van der Waals surface area contributed by atoms with Gasteiger partial charge in [-0.25, -0.2) is 9.97 Å². The number of aromatic nitrogens is 4. The van der Waals surface area contributed by atoms with Crippen molar-refractivity contribution in [3.8, 4) is 10.8 Å². The molecule has 2 saturated heterocycles. The highest BCUT2D eigenvalue weighted by Gasteiger charge is 2.49. The lowest BCUT2D eigenvalue weighted by molar-refractivity contribution is -0.130. The molecule has 2 aromatic rings. The number of nitrogens with one attached hydrogen (secondary N) is 1. The van der Waals surface area contributed by atoms with E-state index in [1.807, 2.05) is 10.3 Å². The van der Waals surface area contributed by atoms with Crippen LogP contribution in [0.25, 0.3) is 10.8 Å². The molecule has 0 radical (unpaired) electrons. The zero-order chi connectivity index (χ0) is 16.0. The SMILES string of the molecule is CN1C[C@@H]2CN(C(=O)Cc3csc(-c4ncn[nH]4)n3)C[C@]2(C)C1. The molecule has 0 spiro atoms. The van der Waals surface area contributed by atoms with E-state index >= 15 is 0 Å². The molecule has 0 aliphatic carbocycles. The summed E-state index contributed by atoms with van der Waals surface area (Å²) in [5, 5.41) is 9.34. The van der Waals surface area contributed by atoms with Crippen molar-refractivity contribution < 1.29 is 4.79 Å². The van der Waals surface area contributed by atoms with Gasteiger partial charge in [0.1, 0.15) is 6.33 Å². The maximum Gasteiger partial charge on any atom is 0.228 e. The first-order chi connectivity index (χ1) is 11.0. The molecule has 2 aromatic heterocycles. The van der Waals surface area contributed by atoms with Gasteiger partial charge in [0.2, 0.25) is 5.91 Å². The third kappa shape index (κ3) is 2.66. The Kier molecular flexibility index (Phi) is 3.46. The Morgan fingerprint density at radius 1 is 1.48 bits per heavy atom. The second kappa shape index (κ2) is 5.38. The van der Waals surface area contributed by atoms with E-state index in [0.29, 0.717) is 18.2 Å². The predicted octanol–water partition coefficient (Wildman–Crippen LogP) is 0.881. The number of likely N-dealkylation sites (tertiary alicyclic amines) is 2. The number of rotatable bonds is 3. The van der Waals surface area contributed by atoms with Crippen LogP contribution in [0.2, 0.25) is 0 Å². The van der Waals surface area contributed by atoms with Crippen molar-refractivity contribution in [2.45, 2.75) is 13.3 Å². The second-order valence-corrected chi connectivity index (χ2v) is 7.83. The minimum Gasteiger partial charge on any atom is -0.341 e. The van der Waals surface area contributed by atoms with Crippen LogP contribution in [0, 0.1) is 11.3 Å². The molecule has 1 N–H and O–H groups in total. The summed E-state index contributed by atoms with van der Waals surface area (Å²) in [4.78, 5) is 25.6. The van der Waals surface area contributed by atoms with Crippen LogP contribution >= 0.6 is 11.3 Å². The minimum atomic E-state index is 0.178. The quantitative estimate of drug-likeness (QED) is 0.903. The van der Waals surface area contributed by atoms with Gasteiger partial charge < -0.3 is 9.80 Å². The Hall–Kier alpha value is -1.80. The Balaban J connectivity index is 1.41. The molecule has 8 heteroatoms. The van der Waals surface area contributed by atoms with Crippen LogP contribution in [0.4, 0.5) is 0 Å². The maximum absolute atomic E-state index is 12.6. The molecule has 2 fully saturated rings. The van der Waals surface area contributed by atoms with Gasteiger partial charge in [-0.2, -0.15) is 5.10 Å². The summed E-state index contributed by atoms with van der Waals surface area (Å²) in [7, 11) is 2.16. The second-order valence-electron chi connectivity index (χ2n) is 6.98. The molecule has 23 heavy (non-hydrogen) atoms. The van der Waals surface area contributed by atoms with E-state index in [2.05, 4.69) is 39.0 Å². The van der Waals surface area contributed by atoms with Gasteiger partial charge in [0.25, 0.3) is 0 Å². The number of hydrogen-bond acceptors (Lipinski definition) is 6. The van der Waals surface area contributed by atoms with Crippen LogP contribution in [-0.2, 0) is 11.2 Å². The van der Waals surface area contributed by atoms with E-state index in [4.69, 9.17) is 0 Å². The number of carbonyl (C=O) groups excluding carboxylic acids is 1. The highest BCUT2D eigenvalue weighted by Crippen LogP contribution is 2.41. The molecule has 7 nitrogen and oxygen atoms in total. The third-order valence-corrected chi connectivity index (χ3v) is 5.89. The Morgan fingerprint density at radius 2 is 2.35 bits per heavy atom. The van der Waals surface area contributed by atoms with E-state index in [-0.39, 0.29) is 11.3 Å². The lowest BCUT2D eigenvalue weighted by atomic mass is 9.83. The molecule has 0 saturated carbocycles. The summed E-state index contributed by atoms with van der Waals surface area (Å²) < 4.78 is 0. The van der Waals surface area contributed by atoms with Gasteiger partial charge in [0.15, 0.2) is 10.8 Å². The van der Waals surface area contributed by atoms with Gasteiger partial charge in [0, 0.05) is 37.0 Å². The van der Waals surface area contributed by atoms with Gasteiger partial charge in [-0.15, -0.1) is 11.3 Å². The van der Waals surface area contributed by atoms with E-state index < -0.39 is 0 Å². The molecule has 4 heterocycles. The largest absolute Gasteiger partial charge is 0.341 e. The lowest BCUT2D eigenvalue weighted by Gasteiger charge is -2.23. The molecule has 0 unspecified atom stereocenters. The van der Waals surface area contributed by atoms with Gasteiger partial charge >= 0.3 is 0 Å². The minimum absolute atomic E-state index is 0.178. The number of carbonyl (C=O) groups is 1. The molecule has 1 amide bonds. The standard InChI is InChI=1S/C15H20N6OS/c1-15-7-20(2)4-10(15)5-21(8-15)12(22)3-11-6-23-14(18-11)13-16-9-17-19-13/h6,9-10H,3-5,7-8H2,1-2H3,(H,16,17,19)/t10-,15+/m1/s1. The summed E-state index contributed by atoms with van der Waals surface area (Å²) >= 11 is 1.49. The van der Waals surface area contributed by atoms with E-state index in [9.17, 15) is 4.79 Å². The van der Waals surface area contributed by atoms with Crippen molar-refractivity contribution in [1.82, 2.24) is 30.0 Å². The monoisotopic (exact) mass is 332 g/mol. The summed E-state index contributed by atoms with van der Waals surface area (Å²) in [6, 6.07) is 0. The molecule has 2 aliphatic rings. The van der Waals surface area contributed by atoms with Crippen molar-refractivity contribution in [3.63, 3.8) is 0 Å². The van der Waals surface area contributed by atoms with Crippen LogP contribution in [0.1, 0.15) is 12.6 Å². The number of thiazole rings is 1. The van der Waals surface area contributed by atoms with Crippen LogP contribution in [0.15, 0.2) is 11.7 Å². The number of amides is 1. The van der Waals surface area contributed by atoms with Crippen LogP contribution in [-0.4, -0.2) is 69.1 Å². The first-order valence-corrected chi connectivity index (χ1v) is 8.68. The first kappa shape index (κ1) is 14.8. The molecule has 2 aliphatic heterocycles. The zero-order valence-electron chi connectivity index (χ0n) is 13.3. The lowest BCUT2D eigenvalue weighted by Crippen LogP contribution is -2.35. The Morgan fingerprint density at radius 3 is 3.09 bits per heavy atom. The van der Waals surface area contributed by atoms with Gasteiger partial charge in [-0.1, -0.05) is 6.92 Å². The normalized spacial score (nSPS) is 27.6.